The maximum absolute atomic E-state index is 12.8. The van der Waals surface area contributed by atoms with Gasteiger partial charge in [-0.1, -0.05) is 23.5 Å². The van der Waals surface area contributed by atoms with E-state index in [9.17, 15) is 9.59 Å². The number of rotatable bonds is 5. The molecule has 2 amide bonds. The molecule has 152 valence electrons. The number of hydrogen-bond donors (Lipinski definition) is 2. The van der Waals surface area contributed by atoms with Crippen molar-refractivity contribution in [2.45, 2.75) is 20.4 Å². The van der Waals surface area contributed by atoms with Crippen LogP contribution in [0.1, 0.15) is 18.3 Å². The predicted octanol–water partition coefficient (Wildman–Crippen LogP) is 4.02. The van der Waals surface area contributed by atoms with E-state index < -0.39 is 0 Å². The van der Waals surface area contributed by atoms with E-state index in [-0.39, 0.29) is 11.6 Å². The van der Waals surface area contributed by atoms with Gasteiger partial charge in [0.25, 0.3) is 5.56 Å². The zero-order valence-electron chi connectivity index (χ0n) is 16.7. The van der Waals surface area contributed by atoms with Crippen LogP contribution in [0.2, 0.25) is 0 Å². The fourth-order valence-corrected chi connectivity index (χ4v) is 4.06. The van der Waals surface area contributed by atoms with E-state index in [1.807, 2.05) is 56.3 Å². The summed E-state index contributed by atoms with van der Waals surface area (Å²) >= 11 is 1.41. The molecular formula is C22H21N5O2S. The number of aryl methyl sites for hydroxylation is 1. The molecular weight excluding hydrogens is 398 g/mol. The molecule has 0 aliphatic carbocycles. The van der Waals surface area contributed by atoms with Gasteiger partial charge in [-0.3, -0.25) is 15.1 Å². The third-order valence-electron chi connectivity index (χ3n) is 4.66. The molecule has 3 heterocycles. The lowest BCUT2D eigenvalue weighted by molar-refractivity contribution is 0.252. The van der Waals surface area contributed by atoms with Crippen molar-refractivity contribution in [1.82, 2.24) is 19.9 Å². The Labute approximate surface area is 177 Å². The van der Waals surface area contributed by atoms with Gasteiger partial charge < -0.3 is 9.88 Å². The maximum atomic E-state index is 12.8. The molecule has 0 spiro atoms. The molecule has 0 atom stereocenters. The fraction of sp³-hybridized carbons (Fsp3) is 0.182. The molecule has 4 aromatic rings. The SMILES string of the molecule is CCNC(=O)Nc1nc2cc(-c3cc(C)n(Cc4ccccn4)c(=O)c3)ccc2s1. The van der Waals surface area contributed by atoms with Gasteiger partial charge in [-0.25, -0.2) is 9.78 Å². The molecule has 0 bridgehead atoms. The first-order chi connectivity index (χ1) is 14.5. The summed E-state index contributed by atoms with van der Waals surface area (Å²) in [7, 11) is 0. The summed E-state index contributed by atoms with van der Waals surface area (Å²) < 4.78 is 2.67. The Balaban J connectivity index is 1.63. The highest BCUT2D eigenvalue weighted by atomic mass is 32.1. The molecule has 0 saturated heterocycles. The molecule has 7 nitrogen and oxygen atoms in total. The van der Waals surface area contributed by atoms with Gasteiger partial charge in [-0.05, 0) is 55.3 Å². The van der Waals surface area contributed by atoms with Crippen LogP contribution >= 0.6 is 11.3 Å². The highest BCUT2D eigenvalue weighted by Gasteiger charge is 2.11. The second kappa shape index (κ2) is 8.46. The summed E-state index contributed by atoms with van der Waals surface area (Å²) in [4.78, 5) is 33.3. The van der Waals surface area contributed by atoms with Gasteiger partial charge in [0.1, 0.15) is 0 Å². The quantitative estimate of drug-likeness (QED) is 0.511. The van der Waals surface area contributed by atoms with Crippen molar-refractivity contribution in [3.8, 4) is 11.1 Å². The lowest BCUT2D eigenvalue weighted by atomic mass is 10.1. The van der Waals surface area contributed by atoms with E-state index >= 15 is 0 Å². The number of urea groups is 1. The summed E-state index contributed by atoms with van der Waals surface area (Å²) in [6.07, 6.45) is 1.72. The van der Waals surface area contributed by atoms with Crippen molar-refractivity contribution >= 4 is 32.7 Å². The second-order valence-corrected chi connectivity index (χ2v) is 7.85. The third kappa shape index (κ3) is 4.23. The van der Waals surface area contributed by atoms with Gasteiger partial charge in [-0.2, -0.15) is 0 Å². The van der Waals surface area contributed by atoms with Gasteiger partial charge in [-0.15, -0.1) is 0 Å². The third-order valence-corrected chi connectivity index (χ3v) is 5.61. The Bertz CT molecular complexity index is 1260. The average molecular weight is 420 g/mol. The molecule has 30 heavy (non-hydrogen) atoms. The van der Waals surface area contributed by atoms with Crippen LogP contribution < -0.4 is 16.2 Å². The number of nitrogens with one attached hydrogen (secondary N) is 2. The summed E-state index contributed by atoms with van der Waals surface area (Å²) in [5.41, 5.74) is 4.14. The topological polar surface area (TPSA) is 88.9 Å². The molecule has 2 N–H and O–H groups in total. The first-order valence-corrected chi connectivity index (χ1v) is 10.4. The van der Waals surface area contributed by atoms with Crippen molar-refractivity contribution < 1.29 is 4.79 Å². The molecule has 0 unspecified atom stereocenters. The van der Waals surface area contributed by atoms with Crippen molar-refractivity contribution in [2.24, 2.45) is 0 Å². The number of amides is 2. The van der Waals surface area contributed by atoms with E-state index in [1.165, 1.54) is 11.3 Å². The Hall–Kier alpha value is -3.52. The van der Waals surface area contributed by atoms with Gasteiger partial charge in [0.05, 0.1) is 22.5 Å². The number of anilines is 1. The number of hydrogen-bond acceptors (Lipinski definition) is 5. The van der Waals surface area contributed by atoms with Gasteiger partial charge in [0.15, 0.2) is 5.13 Å². The van der Waals surface area contributed by atoms with Crippen molar-refractivity contribution in [2.75, 3.05) is 11.9 Å². The van der Waals surface area contributed by atoms with Gasteiger partial charge >= 0.3 is 6.03 Å². The first-order valence-electron chi connectivity index (χ1n) is 9.60. The van der Waals surface area contributed by atoms with Crippen LogP contribution in [0.5, 0.6) is 0 Å². The Morgan fingerprint density at radius 2 is 2.00 bits per heavy atom. The summed E-state index contributed by atoms with van der Waals surface area (Å²) in [5, 5.41) is 5.96. The van der Waals surface area contributed by atoms with Crippen LogP contribution in [0, 0.1) is 6.92 Å². The molecule has 4 rings (SSSR count). The monoisotopic (exact) mass is 419 g/mol. The molecule has 1 aromatic carbocycles. The molecule has 8 heteroatoms. The fourth-order valence-electron chi connectivity index (χ4n) is 3.21. The summed E-state index contributed by atoms with van der Waals surface area (Å²) in [5.74, 6) is 0. The Morgan fingerprint density at radius 3 is 2.73 bits per heavy atom. The van der Waals surface area contributed by atoms with E-state index in [4.69, 9.17) is 0 Å². The molecule has 0 aliphatic rings. The van der Waals surface area contributed by atoms with E-state index in [2.05, 4.69) is 20.6 Å². The minimum Gasteiger partial charge on any atom is -0.338 e. The standard InChI is InChI=1S/C22H21N5O2S/c1-3-23-21(29)26-22-25-18-11-15(7-8-19(18)30-22)16-10-14(2)27(20(28)12-16)13-17-6-4-5-9-24-17/h4-12H,3,13H2,1-2H3,(H2,23,25,26,29). The van der Waals surface area contributed by atoms with E-state index in [1.54, 1.807) is 16.8 Å². The number of thiazole rings is 1. The summed E-state index contributed by atoms with van der Waals surface area (Å²) in [6.45, 7) is 4.76. The Morgan fingerprint density at radius 1 is 1.13 bits per heavy atom. The number of nitrogens with zero attached hydrogens (tertiary/aromatic N) is 3. The van der Waals surface area contributed by atoms with Crippen molar-refractivity contribution in [1.29, 1.82) is 0 Å². The van der Waals surface area contributed by atoms with Crippen molar-refractivity contribution in [3.05, 3.63) is 76.5 Å². The van der Waals surface area contributed by atoms with Crippen molar-refractivity contribution in [3.63, 3.8) is 0 Å². The van der Waals surface area contributed by atoms with E-state index in [0.29, 0.717) is 18.2 Å². The number of pyridine rings is 2. The molecule has 0 radical (unpaired) electrons. The van der Waals surface area contributed by atoms with Crippen LogP contribution in [0.3, 0.4) is 0 Å². The molecule has 0 aliphatic heterocycles. The van der Waals surface area contributed by atoms with Crippen LogP contribution in [0.15, 0.2) is 59.5 Å². The minimum atomic E-state index is -0.274. The van der Waals surface area contributed by atoms with Crippen LogP contribution in [-0.2, 0) is 6.54 Å². The maximum Gasteiger partial charge on any atom is 0.321 e. The van der Waals surface area contributed by atoms with Crippen LogP contribution in [0.25, 0.3) is 21.3 Å². The molecule has 0 fully saturated rings. The Kier molecular flexibility index (Phi) is 5.58. The average Bonchev–Trinajstić information content (AvgIpc) is 3.12. The van der Waals surface area contributed by atoms with Gasteiger partial charge in [0, 0.05) is 24.5 Å². The molecule has 3 aromatic heterocycles. The van der Waals surface area contributed by atoms with Crippen LogP contribution in [0.4, 0.5) is 9.93 Å². The number of carbonyl (C=O) groups excluding carboxylic acids is 1. The van der Waals surface area contributed by atoms with Crippen LogP contribution in [-0.4, -0.2) is 27.1 Å². The minimum absolute atomic E-state index is 0.0763. The molecule has 0 saturated carbocycles. The summed E-state index contributed by atoms with van der Waals surface area (Å²) in [6, 6.07) is 14.9. The number of fused-ring (bicyclic) bond motifs is 1. The highest BCUT2D eigenvalue weighted by Crippen LogP contribution is 2.30. The zero-order valence-corrected chi connectivity index (χ0v) is 17.5. The number of benzene rings is 1. The number of aromatic nitrogens is 3. The predicted molar refractivity (Wildman–Crippen MR) is 120 cm³/mol. The lowest BCUT2D eigenvalue weighted by Gasteiger charge is -2.11. The first kappa shape index (κ1) is 19.8. The highest BCUT2D eigenvalue weighted by molar-refractivity contribution is 7.22. The van der Waals surface area contributed by atoms with Gasteiger partial charge in [0.2, 0.25) is 0 Å². The van der Waals surface area contributed by atoms with E-state index in [0.717, 1.165) is 32.7 Å². The zero-order chi connectivity index (χ0) is 21.1. The second-order valence-electron chi connectivity index (χ2n) is 6.82. The smallest absolute Gasteiger partial charge is 0.321 e. The number of carbonyl (C=O) groups is 1. The lowest BCUT2D eigenvalue weighted by Crippen LogP contribution is -2.28. The normalized spacial score (nSPS) is 10.9. The largest absolute Gasteiger partial charge is 0.338 e.